The van der Waals surface area contributed by atoms with E-state index < -0.39 is 22.7 Å². The van der Waals surface area contributed by atoms with Crippen LogP contribution in [0.3, 0.4) is 0 Å². The second kappa shape index (κ2) is 10.4. The Bertz CT molecular complexity index is 1170. The first-order valence-electron chi connectivity index (χ1n) is 9.77. The highest BCUT2D eigenvalue weighted by molar-refractivity contribution is 6.31. The van der Waals surface area contributed by atoms with E-state index in [0.717, 1.165) is 17.7 Å². The van der Waals surface area contributed by atoms with Crippen molar-refractivity contribution in [3.63, 3.8) is 0 Å². The summed E-state index contributed by atoms with van der Waals surface area (Å²) in [4.78, 5) is 27.4. The maximum atomic E-state index is 13.0. The van der Waals surface area contributed by atoms with Crippen molar-refractivity contribution in [3.05, 3.63) is 76.9 Å². The van der Waals surface area contributed by atoms with Crippen molar-refractivity contribution in [3.8, 4) is 11.5 Å². The highest BCUT2D eigenvalue weighted by atomic mass is 35.5. The van der Waals surface area contributed by atoms with Gasteiger partial charge in [0.1, 0.15) is 17.3 Å². The molecule has 0 radical (unpaired) electrons. The van der Waals surface area contributed by atoms with Crippen LogP contribution in [0.4, 0.5) is 24.7 Å². The number of nitrogens with zero attached hydrogens (tertiary/aromatic N) is 1. The van der Waals surface area contributed by atoms with Crippen molar-refractivity contribution in [2.75, 3.05) is 10.6 Å². The number of amides is 2. The van der Waals surface area contributed by atoms with Crippen LogP contribution < -0.4 is 15.4 Å². The van der Waals surface area contributed by atoms with E-state index in [1.54, 1.807) is 36.4 Å². The van der Waals surface area contributed by atoms with Crippen LogP contribution in [0.1, 0.15) is 24.5 Å². The molecule has 0 atom stereocenters. The lowest BCUT2D eigenvalue weighted by atomic mass is 10.1. The SMILES string of the molecule is CC(=O)Nc1cc(Oc2cccc(CCC(=O)Nc3ccc(Cl)c(C(F)(F)F)c3)c2)ccn1. The molecule has 0 bridgehead atoms. The first kappa shape index (κ1) is 24.1. The first-order valence-corrected chi connectivity index (χ1v) is 10.1. The topological polar surface area (TPSA) is 80.3 Å². The van der Waals surface area contributed by atoms with Crippen molar-refractivity contribution < 1.29 is 27.5 Å². The summed E-state index contributed by atoms with van der Waals surface area (Å²) >= 11 is 5.60. The minimum atomic E-state index is -4.62. The van der Waals surface area contributed by atoms with Crippen LogP contribution in [0.5, 0.6) is 11.5 Å². The highest BCUT2D eigenvalue weighted by Crippen LogP contribution is 2.36. The van der Waals surface area contributed by atoms with Crippen molar-refractivity contribution in [2.45, 2.75) is 25.9 Å². The van der Waals surface area contributed by atoms with Crippen molar-refractivity contribution in [1.29, 1.82) is 0 Å². The fraction of sp³-hybridized carbons (Fsp3) is 0.174. The van der Waals surface area contributed by atoms with E-state index in [0.29, 0.717) is 23.7 Å². The summed E-state index contributed by atoms with van der Waals surface area (Å²) < 4.78 is 44.7. The maximum Gasteiger partial charge on any atom is 0.417 e. The van der Waals surface area contributed by atoms with Gasteiger partial charge in [-0.2, -0.15) is 13.2 Å². The summed E-state index contributed by atoms with van der Waals surface area (Å²) in [6.45, 7) is 1.37. The zero-order chi connectivity index (χ0) is 24.0. The standard InChI is InChI=1S/C23H19ClF3N3O3/c1-14(31)29-21-13-18(9-10-28-21)33-17-4-2-3-15(11-17)5-8-22(32)30-16-6-7-20(24)19(12-16)23(25,26)27/h2-4,6-7,9-13H,5,8H2,1H3,(H,30,32)(H,28,29,31). The van der Waals surface area contributed by atoms with Gasteiger partial charge in [-0.05, 0) is 48.4 Å². The van der Waals surface area contributed by atoms with Gasteiger partial charge < -0.3 is 15.4 Å². The number of ether oxygens (including phenoxy) is 1. The Kier molecular flexibility index (Phi) is 7.55. The smallest absolute Gasteiger partial charge is 0.417 e. The molecule has 2 amide bonds. The Hall–Kier alpha value is -3.59. The molecule has 2 aromatic carbocycles. The van der Waals surface area contributed by atoms with Gasteiger partial charge in [-0.25, -0.2) is 4.98 Å². The van der Waals surface area contributed by atoms with Gasteiger partial charge in [-0.1, -0.05) is 23.7 Å². The van der Waals surface area contributed by atoms with E-state index in [2.05, 4.69) is 15.6 Å². The molecule has 0 saturated carbocycles. The summed E-state index contributed by atoms with van der Waals surface area (Å²) in [6.07, 6.45) is -2.72. The van der Waals surface area contributed by atoms with Gasteiger partial charge >= 0.3 is 6.18 Å². The predicted molar refractivity (Wildman–Crippen MR) is 118 cm³/mol. The number of anilines is 2. The summed E-state index contributed by atoms with van der Waals surface area (Å²) in [5.41, 5.74) is -0.197. The van der Waals surface area contributed by atoms with Gasteiger partial charge in [0, 0.05) is 31.3 Å². The number of aromatic nitrogens is 1. The molecule has 1 heterocycles. The average Bonchev–Trinajstić information content (AvgIpc) is 2.73. The number of aryl methyl sites for hydroxylation is 1. The molecule has 33 heavy (non-hydrogen) atoms. The Balaban J connectivity index is 1.60. The second-order valence-corrected chi connectivity index (χ2v) is 7.46. The lowest BCUT2D eigenvalue weighted by Crippen LogP contribution is -2.14. The van der Waals surface area contributed by atoms with Gasteiger partial charge in [-0.3, -0.25) is 9.59 Å². The Morgan fingerprint density at radius 1 is 1.03 bits per heavy atom. The normalized spacial score (nSPS) is 11.1. The van der Waals surface area contributed by atoms with E-state index in [1.807, 2.05) is 0 Å². The maximum absolute atomic E-state index is 13.0. The minimum Gasteiger partial charge on any atom is -0.457 e. The Morgan fingerprint density at radius 3 is 2.52 bits per heavy atom. The third-order valence-electron chi connectivity index (χ3n) is 4.37. The van der Waals surface area contributed by atoms with Crippen LogP contribution in [0.25, 0.3) is 0 Å². The number of alkyl halides is 3. The number of hydrogen-bond donors (Lipinski definition) is 2. The van der Waals surface area contributed by atoms with E-state index in [4.69, 9.17) is 16.3 Å². The molecule has 10 heteroatoms. The number of rotatable bonds is 7. The van der Waals surface area contributed by atoms with E-state index in [-0.39, 0.29) is 18.0 Å². The summed E-state index contributed by atoms with van der Waals surface area (Å²) in [7, 11) is 0. The third kappa shape index (κ3) is 7.21. The Morgan fingerprint density at radius 2 is 1.79 bits per heavy atom. The van der Waals surface area contributed by atoms with Crippen LogP contribution >= 0.6 is 11.6 Å². The summed E-state index contributed by atoms with van der Waals surface area (Å²) in [5.74, 6) is 0.634. The van der Waals surface area contributed by atoms with E-state index in [9.17, 15) is 22.8 Å². The van der Waals surface area contributed by atoms with E-state index >= 15 is 0 Å². The molecule has 0 unspecified atom stereocenters. The molecule has 3 aromatic rings. The molecular formula is C23H19ClF3N3O3. The van der Waals surface area contributed by atoms with Crippen LogP contribution in [-0.4, -0.2) is 16.8 Å². The average molecular weight is 478 g/mol. The molecule has 0 spiro atoms. The van der Waals surface area contributed by atoms with Crippen molar-refractivity contribution in [2.24, 2.45) is 0 Å². The van der Waals surface area contributed by atoms with Crippen molar-refractivity contribution >= 4 is 34.9 Å². The molecule has 2 N–H and O–H groups in total. The molecule has 6 nitrogen and oxygen atoms in total. The summed E-state index contributed by atoms with van der Waals surface area (Å²) in [5, 5.41) is 4.59. The molecule has 0 aliphatic heterocycles. The quantitative estimate of drug-likeness (QED) is 0.432. The second-order valence-electron chi connectivity index (χ2n) is 7.05. The molecule has 0 saturated heterocycles. The third-order valence-corrected chi connectivity index (χ3v) is 4.70. The van der Waals surface area contributed by atoms with Gasteiger partial charge in [0.05, 0.1) is 10.6 Å². The number of pyridine rings is 1. The minimum absolute atomic E-state index is 0.0153. The van der Waals surface area contributed by atoms with Crippen LogP contribution in [-0.2, 0) is 22.2 Å². The zero-order valence-electron chi connectivity index (χ0n) is 17.4. The fourth-order valence-electron chi connectivity index (χ4n) is 2.93. The van der Waals surface area contributed by atoms with Gasteiger partial charge in [0.25, 0.3) is 0 Å². The molecule has 1 aromatic heterocycles. The molecule has 3 rings (SSSR count). The number of halogens is 4. The zero-order valence-corrected chi connectivity index (χ0v) is 18.1. The number of carbonyl (C=O) groups is 2. The lowest BCUT2D eigenvalue weighted by molar-refractivity contribution is -0.137. The molecule has 0 aliphatic carbocycles. The van der Waals surface area contributed by atoms with Gasteiger partial charge in [-0.15, -0.1) is 0 Å². The van der Waals surface area contributed by atoms with E-state index in [1.165, 1.54) is 19.2 Å². The number of carbonyl (C=O) groups excluding carboxylic acids is 2. The lowest BCUT2D eigenvalue weighted by Gasteiger charge is -2.12. The number of nitrogens with one attached hydrogen (secondary N) is 2. The summed E-state index contributed by atoms with van der Waals surface area (Å²) in [6, 6.07) is 13.5. The molecule has 0 fully saturated rings. The number of hydrogen-bond acceptors (Lipinski definition) is 4. The largest absolute Gasteiger partial charge is 0.457 e. The number of benzene rings is 2. The monoisotopic (exact) mass is 477 g/mol. The highest BCUT2D eigenvalue weighted by Gasteiger charge is 2.33. The first-order chi connectivity index (χ1) is 15.6. The van der Waals surface area contributed by atoms with Crippen LogP contribution in [0.15, 0.2) is 60.8 Å². The van der Waals surface area contributed by atoms with Crippen LogP contribution in [0, 0.1) is 0 Å². The fourth-order valence-corrected chi connectivity index (χ4v) is 3.15. The Labute approximate surface area is 192 Å². The van der Waals surface area contributed by atoms with Gasteiger partial charge in [0.15, 0.2) is 0 Å². The molecule has 0 aliphatic rings. The molecule has 172 valence electrons. The molecular weight excluding hydrogens is 459 g/mol. The van der Waals surface area contributed by atoms with Crippen molar-refractivity contribution in [1.82, 2.24) is 4.98 Å². The van der Waals surface area contributed by atoms with Crippen LogP contribution in [0.2, 0.25) is 5.02 Å². The predicted octanol–water partition coefficient (Wildman–Crippen LogP) is 6.08. The van der Waals surface area contributed by atoms with Gasteiger partial charge in [0.2, 0.25) is 11.8 Å².